The number of rotatable bonds is 5. The smallest absolute Gasteiger partial charge is 0.130 e. The second-order valence-corrected chi connectivity index (χ2v) is 7.09. The summed E-state index contributed by atoms with van der Waals surface area (Å²) in [7, 11) is 1.92. The zero-order valence-corrected chi connectivity index (χ0v) is 16.6. The quantitative estimate of drug-likeness (QED) is 0.408. The van der Waals surface area contributed by atoms with E-state index >= 15 is 0 Å². The predicted octanol–water partition coefficient (Wildman–Crippen LogP) is 5.28. The molecule has 30 heavy (non-hydrogen) atoms. The van der Waals surface area contributed by atoms with Crippen molar-refractivity contribution < 1.29 is 4.74 Å². The van der Waals surface area contributed by atoms with E-state index in [9.17, 15) is 0 Å². The third-order valence-corrected chi connectivity index (χ3v) is 4.94. The number of benzene rings is 2. The molecule has 3 aromatic heterocycles. The summed E-state index contributed by atoms with van der Waals surface area (Å²) >= 11 is 0. The van der Waals surface area contributed by atoms with Crippen LogP contribution in [-0.4, -0.2) is 19.7 Å². The van der Waals surface area contributed by atoms with Gasteiger partial charge in [-0.05, 0) is 48.5 Å². The number of para-hydroxylation sites is 1. The van der Waals surface area contributed by atoms with Crippen molar-refractivity contribution in [1.29, 1.82) is 0 Å². The number of aromatic nitrogens is 4. The minimum Gasteiger partial charge on any atom is -0.487 e. The van der Waals surface area contributed by atoms with Crippen LogP contribution in [0.1, 0.15) is 5.69 Å². The molecule has 0 saturated heterocycles. The summed E-state index contributed by atoms with van der Waals surface area (Å²) in [5, 5.41) is 5.76. The fourth-order valence-electron chi connectivity index (χ4n) is 3.47. The summed E-state index contributed by atoms with van der Waals surface area (Å²) in [6.45, 7) is 0.424. The van der Waals surface area contributed by atoms with Crippen molar-refractivity contribution in [1.82, 2.24) is 19.7 Å². The summed E-state index contributed by atoms with van der Waals surface area (Å²) in [5.41, 5.74) is 5.72. The number of hydrogen-bond acceptors (Lipinski definition) is 4. The van der Waals surface area contributed by atoms with Gasteiger partial charge in [0.15, 0.2) is 0 Å². The van der Waals surface area contributed by atoms with Gasteiger partial charge in [0.2, 0.25) is 0 Å². The molecular formula is C25H20N4O. The highest BCUT2D eigenvalue weighted by Crippen LogP contribution is 2.30. The zero-order chi connectivity index (χ0) is 20.3. The third kappa shape index (κ3) is 3.65. The van der Waals surface area contributed by atoms with Gasteiger partial charge >= 0.3 is 0 Å². The van der Waals surface area contributed by atoms with Gasteiger partial charge in [-0.1, -0.05) is 30.3 Å². The number of aryl methyl sites for hydroxylation is 1. The maximum Gasteiger partial charge on any atom is 0.130 e. The molecule has 0 aliphatic heterocycles. The second-order valence-electron chi connectivity index (χ2n) is 7.09. The molecule has 5 heteroatoms. The van der Waals surface area contributed by atoms with Crippen LogP contribution in [0.5, 0.6) is 5.75 Å². The van der Waals surface area contributed by atoms with Crippen LogP contribution in [0.4, 0.5) is 0 Å². The van der Waals surface area contributed by atoms with Gasteiger partial charge in [-0.2, -0.15) is 5.10 Å². The molecule has 0 bridgehead atoms. The Balaban J connectivity index is 1.35. The molecule has 0 saturated carbocycles. The first-order valence-corrected chi connectivity index (χ1v) is 9.79. The SMILES string of the molecule is Cn1cc(-c2ccccn2)c(-c2ccc(OCc3ccc4ccccc4n3)cc2)n1. The highest BCUT2D eigenvalue weighted by Gasteiger charge is 2.13. The van der Waals surface area contributed by atoms with E-state index in [1.807, 2.05) is 84.7 Å². The minimum absolute atomic E-state index is 0.424. The summed E-state index contributed by atoms with van der Waals surface area (Å²) in [6.07, 6.45) is 3.79. The van der Waals surface area contributed by atoms with E-state index in [-0.39, 0.29) is 0 Å². The molecule has 0 aliphatic rings. The molecule has 0 fully saturated rings. The largest absolute Gasteiger partial charge is 0.487 e. The Morgan fingerprint density at radius 3 is 2.53 bits per heavy atom. The number of fused-ring (bicyclic) bond motifs is 1. The average molecular weight is 392 g/mol. The summed E-state index contributed by atoms with van der Waals surface area (Å²) in [6, 6.07) is 26.0. The normalized spacial score (nSPS) is 11.0. The fraction of sp³-hybridized carbons (Fsp3) is 0.0800. The Bertz CT molecular complexity index is 1290. The molecule has 0 unspecified atom stereocenters. The Morgan fingerprint density at radius 1 is 0.867 bits per heavy atom. The van der Waals surface area contributed by atoms with Crippen molar-refractivity contribution in [2.75, 3.05) is 0 Å². The van der Waals surface area contributed by atoms with Gasteiger partial charge in [0.25, 0.3) is 0 Å². The van der Waals surface area contributed by atoms with Gasteiger partial charge in [-0.25, -0.2) is 4.98 Å². The Morgan fingerprint density at radius 2 is 1.70 bits per heavy atom. The maximum atomic E-state index is 5.95. The maximum absolute atomic E-state index is 5.95. The number of ether oxygens (including phenoxy) is 1. The van der Waals surface area contributed by atoms with Crippen molar-refractivity contribution in [3.63, 3.8) is 0 Å². The molecule has 0 N–H and O–H groups in total. The van der Waals surface area contributed by atoms with E-state index in [0.717, 1.165) is 44.9 Å². The first-order chi connectivity index (χ1) is 14.8. The molecule has 146 valence electrons. The van der Waals surface area contributed by atoms with Gasteiger partial charge in [-0.3, -0.25) is 9.67 Å². The highest BCUT2D eigenvalue weighted by atomic mass is 16.5. The monoisotopic (exact) mass is 392 g/mol. The highest BCUT2D eigenvalue weighted by molar-refractivity contribution is 5.79. The van der Waals surface area contributed by atoms with Crippen molar-refractivity contribution >= 4 is 10.9 Å². The minimum atomic E-state index is 0.424. The topological polar surface area (TPSA) is 52.8 Å². The zero-order valence-electron chi connectivity index (χ0n) is 16.6. The van der Waals surface area contributed by atoms with E-state index in [1.54, 1.807) is 6.20 Å². The van der Waals surface area contributed by atoms with E-state index in [2.05, 4.69) is 27.2 Å². The van der Waals surface area contributed by atoms with Gasteiger partial charge in [0.05, 0.1) is 16.9 Å². The van der Waals surface area contributed by atoms with Crippen LogP contribution in [0.3, 0.4) is 0 Å². The van der Waals surface area contributed by atoms with Crippen LogP contribution in [0.25, 0.3) is 33.4 Å². The lowest BCUT2D eigenvalue weighted by molar-refractivity contribution is 0.302. The molecular weight excluding hydrogens is 372 g/mol. The average Bonchev–Trinajstić information content (AvgIpc) is 3.20. The molecule has 5 aromatic rings. The lowest BCUT2D eigenvalue weighted by Gasteiger charge is -2.08. The molecule has 5 rings (SSSR count). The predicted molar refractivity (Wildman–Crippen MR) is 118 cm³/mol. The van der Waals surface area contributed by atoms with Crippen LogP contribution in [0.15, 0.2) is 91.3 Å². The van der Waals surface area contributed by atoms with E-state index in [4.69, 9.17) is 4.74 Å². The molecule has 0 radical (unpaired) electrons. The number of pyridine rings is 2. The van der Waals surface area contributed by atoms with Gasteiger partial charge in [0.1, 0.15) is 18.1 Å². The molecule has 0 atom stereocenters. The van der Waals surface area contributed by atoms with E-state index in [1.165, 1.54) is 0 Å². The van der Waals surface area contributed by atoms with E-state index < -0.39 is 0 Å². The van der Waals surface area contributed by atoms with Gasteiger partial charge < -0.3 is 4.74 Å². The van der Waals surface area contributed by atoms with Crippen molar-refractivity contribution in [3.05, 3.63) is 97.0 Å². The van der Waals surface area contributed by atoms with Crippen LogP contribution in [0.2, 0.25) is 0 Å². The van der Waals surface area contributed by atoms with Crippen LogP contribution in [0, 0.1) is 0 Å². The van der Waals surface area contributed by atoms with Crippen LogP contribution in [-0.2, 0) is 13.7 Å². The Labute approximate surface area is 174 Å². The van der Waals surface area contributed by atoms with Gasteiger partial charge in [-0.15, -0.1) is 0 Å². The Kier molecular flexibility index (Phi) is 4.69. The molecule has 3 heterocycles. The number of nitrogens with zero attached hydrogens (tertiary/aromatic N) is 4. The van der Waals surface area contributed by atoms with Crippen LogP contribution < -0.4 is 4.74 Å². The standard InChI is InChI=1S/C25H20N4O/c1-29-16-22(24-8-4-5-15-26-24)25(28-29)19-10-13-21(14-11-19)30-17-20-12-9-18-6-2-3-7-23(18)27-20/h2-16H,17H2,1H3. The summed E-state index contributed by atoms with van der Waals surface area (Å²) in [5.74, 6) is 0.795. The van der Waals surface area contributed by atoms with Crippen molar-refractivity contribution in [3.8, 4) is 28.3 Å². The van der Waals surface area contributed by atoms with Crippen molar-refractivity contribution in [2.45, 2.75) is 6.61 Å². The summed E-state index contributed by atoms with van der Waals surface area (Å²) < 4.78 is 7.77. The molecule has 0 spiro atoms. The molecule has 2 aromatic carbocycles. The molecule has 0 aliphatic carbocycles. The molecule has 5 nitrogen and oxygen atoms in total. The first kappa shape index (κ1) is 18.1. The molecule has 0 amide bonds. The second kappa shape index (κ2) is 7.79. The first-order valence-electron chi connectivity index (χ1n) is 9.79. The third-order valence-electron chi connectivity index (χ3n) is 4.94. The summed E-state index contributed by atoms with van der Waals surface area (Å²) in [4.78, 5) is 9.12. The van der Waals surface area contributed by atoms with E-state index in [0.29, 0.717) is 6.61 Å². The Hall–Kier alpha value is -3.99. The van der Waals surface area contributed by atoms with Crippen molar-refractivity contribution in [2.24, 2.45) is 7.05 Å². The fourth-order valence-corrected chi connectivity index (χ4v) is 3.47. The van der Waals surface area contributed by atoms with Crippen LogP contribution >= 0.6 is 0 Å². The number of hydrogen-bond donors (Lipinski definition) is 0. The lowest BCUT2D eigenvalue weighted by atomic mass is 10.1. The lowest BCUT2D eigenvalue weighted by Crippen LogP contribution is -1.98. The van der Waals surface area contributed by atoms with Gasteiger partial charge in [0, 0.05) is 36.0 Å².